The molecule has 0 aliphatic carbocycles. The van der Waals surface area contributed by atoms with Crippen LogP contribution in [0.25, 0.3) is 33.7 Å². The maximum Gasteiger partial charge on any atom is 0.291 e. The minimum absolute atomic E-state index is 0.167. The van der Waals surface area contributed by atoms with Gasteiger partial charge in [0.05, 0.1) is 23.4 Å². The van der Waals surface area contributed by atoms with Gasteiger partial charge < -0.3 is 24.2 Å². The summed E-state index contributed by atoms with van der Waals surface area (Å²) in [4.78, 5) is 28.2. The molecule has 2 N–H and O–H groups in total. The van der Waals surface area contributed by atoms with Crippen molar-refractivity contribution in [3.8, 4) is 28.4 Å². The van der Waals surface area contributed by atoms with Gasteiger partial charge in [0.2, 0.25) is 11.8 Å². The van der Waals surface area contributed by atoms with Crippen LogP contribution in [-0.2, 0) is 4.74 Å². The molecule has 11 heteroatoms. The topological polar surface area (TPSA) is 115 Å². The maximum absolute atomic E-state index is 14.7. The first-order valence-corrected chi connectivity index (χ1v) is 11.2. The van der Waals surface area contributed by atoms with Gasteiger partial charge in [-0.1, -0.05) is 11.6 Å². The van der Waals surface area contributed by atoms with Gasteiger partial charge in [-0.2, -0.15) is 9.37 Å². The fraction of sp³-hybridized carbons (Fsp3) is 0.120. The number of hydrogen-bond donors (Lipinski definition) is 2. The number of aromatic nitrogens is 4. The molecule has 0 aliphatic heterocycles. The van der Waals surface area contributed by atoms with E-state index in [0.29, 0.717) is 45.4 Å². The number of ether oxygens (including phenoxy) is 2. The van der Waals surface area contributed by atoms with Crippen molar-refractivity contribution in [1.82, 2.24) is 19.9 Å². The summed E-state index contributed by atoms with van der Waals surface area (Å²) in [7, 11) is 1.55. The number of carbonyl (C=O) groups excluding carboxylic acids is 1. The van der Waals surface area contributed by atoms with Crippen molar-refractivity contribution in [3.63, 3.8) is 0 Å². The predicted octanol–water partition coefficient (Wildman–Crippen LogP) is 5.35. The largest absolute Gasteiger partial charge is 0.475 e. The summed E-state index contributed by atoms with van der Waals surface area (Å²) in [6, 6.07) is 13.1. The molecule has 4 aromatic heterocycles. The molecule has 36 heavy (non-hydrogen) atoms. The van der Waals surface area contributed by atoms with Crippen molar-refractivity contribution in [2.24, 2.45) is 0 Å². The number of nitrogens with zero attached hydrogens (tertiary/aromatic N) is 3. The highest BCUT2D eigenvalue weighted by Gasteiger charge is 2.15. The van der Waals surface area contributed by atoms with Crippen LogP contribution in [0.5, 0.6) is 5.88 Å². The molecule has 1 aromatic carbocycles. The Labute approximate surface area is 209 Å². The van der Waals surface area contributed by atoms with E-state index in [-0.39, 0.29) is 23.8 Å². The van der Waals surface area contributed by atoms with Gasteiger partial charge in [0, 0.05) is 41.8 Å². The number of halogens is 2. The fourth-order valence-electron chi connectivity index (χ4n) is 3.50. The molecule has 1 amide bonds. The third-order valence-electron chi connectivity index (χ3n) is 5.23. The number of furan rings is 1. The molecule has 0 atom stereocenters. The first kappa shape index (κ1) is 23.5. The number of rotatable bonds is 8. The smallest absolute Gasteiger partial charge is 0.291 e. The quantitative estimate of drug-likeness (QED) is 0.215. The third-order valence-corrected chi connectivity index (χ3v) is 5.56. The van der Waals surface area contributed by atoms with E-state index in [1.807, 2.05) is 0 Å². The standard InChI is InChI=1S/C25H19ClFN5O4/c1-34-9-10-36-21-7-5-16(22(27)31-21)14-11-19-24(28-13-14)32-23(30-19)17-12-15(4-6-18(17)26)29-25(33)20-3-2-8-35-20/h2-8,11-13H,9-10H2,1H3,(H,29,33)(H,28,30,32). The molecule has 5 aromatic rings. The zero-order chi connectivity index (χ0) is 25.1. The number of pyridine rings is 2. The average Bonchev–Trinajstić information content (AvgIpc) is 3.55. The summed E-state index contributed by atoms with van der Waals surface area (Å²) < 4.78 is 30.1. The van der Waals surface area contributed by atoms with E-state index in [2.05, 4.69) is 25.3 Å². The molecule has 4 heterocycles. The van der Waals surface area contributed by atoms with Crippen LogP contribution in [0.3, 0.4) is 0 Å². The van der Waals surface area contributed by atoms with Crippen LogP contribution in [0.4, 0.5) is 10.1 Å². The van der Waals surface area contributed by atoms with E-state index in [0.717, 1.165) is 0 Å². The Kier molecular flexibility index (Phi) is 6.61. The van der Waals surface area contributed by atoms with Gasteiger partial charge in [0.25, 0.3) is 5.91 Å². The molecule has 0 unspecified atom stereocenters. The van der Waals surface area contributed by atoms with Gasteiger partial charge in [-0.05, 0) is 42.5 Å². The van der Waals surface area contributed by atoms with Gasteiger partial charge in [-0.15, -0.1) is 0 Å². The SMILES string of the molecule is COCCOc1ccc(-c2cnc3nc(-c4cc(NC(=O)c5ccco5)ccc4Cl)[nH]c3c2)c(F)n1. The molecule has 0 bridgehead atoms. The predicted molar refractivity (Wildman–Crippen MR) is 132 cm³/mol. The Morgan fingerprint density at radius 1 is 1.14 bits per heavy atom. The second kappa shape index (κ2) is 10.1. The van der Waals surface area contributed by atoms with Crippen molar-refractivity contribution in [1.29, 1.82) is 0 Å². The van der Waals surface area contributed by atoms with Crippen LogP contribution in [0.2, 0.25) is 5.02 Å². The minimum atomic E-state index is -0.686. The van der Waals surface area contributed by atoms with Crippen molar-refractivity contribution in [3.05, 3.63) is 77.7 Å². The number of H-pyrrole nitrogens is 1. The highest BCUT2D eigenvalue weighted by molar-refractivity contribution is 6.33. The highest BCUT2D eigenvalue weighted by Crippen LogP contribution is 2.31. The number of fused-ring (bicyclic) bond motifs is 1. The van der Waals surface area contributed by atoms with E-state index >= 15 is 0 Å². The number of anilines is 1. The van der Waals surface area contributed by atoms with Gasteiger partial charge in [0.15, 0.2) is 11.4 Å². The zero-order valence-corrected chi connectivity index (χ0v) is 19.7. The minimum Gasteiger partial charge on any atom is -0.475 e. The summed E-state index contributed by atoms with van der Waals surface area (Å²) in [6.07, 6.45) is 2.94. The van der Waals surface area contributed by atoms with Gasteiger partial charge >= 0.3 is 0 Å². The average molecular weight is 508 g/mol. The van der Waals surface area contributed by atoms with Crippen LogP contribution in [0.15, 0.2) is 65.4 Å². The second-order valence-corrected chi connectivity index (χ2v) is 8.04. The summed E-state index contributed by atoms with van der Waals surface area (Å²) in [5.41, 5.74) is 2.83. The first-order valence-electron chi connectivity index (χ1n) is 10.8. The summed E-state index contributed by atoms with van der Waals surface area (Å²) >= 11 is 6.41. The van der Waals surface area contributed by atoms with Crippen molar-refractivity contribution >= 4 is 34.4 Å². The number of imidazole rings is 1. The Bertz CT molecular complexity index is 1540. The lowest BCUT2D eigenvalue weighted by Crippen LogP contribution is -2.10. The number of hydrogen-bond acceptors (Lipinski definition) is 7. The molecular weight excluding hydrogens is 489 g/mol. The zero-order valence-electron chi connectivity index (χ0n) is 18.9. The molecule has 9 nitrogen and oxygen atoms in total. The monoisotopic (exact) mass is 507 g/mol. The summed E-state index contributed by atoms with van der Waals surface area (Å²) in [5, 5.41) is 3.18. The number of benzene rings is 1. The maximum atomic E-state index is 14.7. The molecular formula is C25H19ClFN5O4. The molecule has 182 valence electrons. The second-order valence-electron chi connectivity index (χ2n) is 7.64. The van der Waals surface area contributed by atoms with Gasteiger partial charge in [-0.3, -0.25) is 4.79 Å². The van der Waals surface area contributed by atoms with Crippen LogP contribution in [-0.4, -0.2) is 46.2 Å². The first-order chi connectivity index (χ1) is 17.5. The number of aromatic amines is 1. The van der Waals surface area contributed by atoms with E-state index in [4.69, 9.17) is 25.5 Å². The lowest BCUT2D eigenvalue weighted by Gasteiger charge is -2.07. The molecule has 5 rings (SSSR count). The fourth-order valence-corrected chi connectivity index (χ4v) is 3.71. The van der Waals surface area contributed by atoms with E-state index in [1.54, 1.807) is 55.6 Å². The van der Waals surface area contributed by atoms with E-state index < -0.39 is 11.9 Å². The Morgan fingerprint density at radius 3 is 2.81 bits per heavy atom. The van der Waals surface area contributed by atoms with Crippen LogP contribution >= 0.6 is 11.6 Å². The summed E-state index contributed by atoms with van der Waals surface area (Å²) in [5.74, 6) is -0.291. The van der Waals surface area contributed by atoms with Crippen LogP contribution < -0.4 is 10.1 Å². The number of amides is 1. The normalized spacial score (nSPS) is 11.1. The highest BCUT2D eigenvalue weighted by atomic mass is 35.5. The Hall–Kier alpha value is -4.28. The molecule has 0 radical (unpaired) electrons. The number of carbonyl (C=O) groups is 1. The van der Waals surface area contributed by atoms with Crippen LogP contribution in [0.1, 0.15) is 10.6 Å². The molecule has 0 aliphatic rings. The Balaban J connectivity index is 1.41. The van der Waals surface area contributed by atoms with E-state index in [1.165, 1.54) is 12.5 Å². The lowest BCUT2D eigenvalue weighted by molar-refractivity contribution is 0.0996. The molecule has 0 spiro atoms. The number of nitrogens with one attached hydrogen (secondary N) is 2. The van der Waals surface area contributed by atoms with Crippen LogP contribution in [0, 0.1) is 5.95 Å². The van der Waals surface area contributed by atoms with E-state index in [9.17, 15) is 9.18 Å². The molecule has 0 saturated heterocycles. The van der Waals surface area contributed by atoms with Gasteiger partial charge in [-0.25, -0.2) is 9.97 Å². The van der Waals surface area contributed by atoms with Crippen molar-refractivity contribution in [2.75, 3.05) is 25.6 Å². The number of methoxy groups -OCH3 is 1. The lowest BCUT2D eigenvalue weighted by atomic mass is 10.1. The molecule has 0 saturated carbocycles. The third kappa shape index (κ3) is 4.90. The molecule has 0 fully saturated rings. The van der Waals surface area contributed by atoms with Gasteiger partial charge in [0.1, 0.15) is 12.4 Å². The van der Waals surface area contributed by atoms with Crippen molar-refractivity contribution in [2.45, 2.75) is 0 Å². The summed E-state index contributed by atoms with van der Waals surface area (Å²) in [6.45, 7) is 0.639. The van der Waals surface area contributed by atoms with Crippen molar-refractivity contribution < 1.29 is 23.1 Å². The Morgan fingerprint density at radius 2 is 2.03 bits per heavy atom.